The molecule has 2 heterocycles. The van der Waals surface area contributed by atoms with E-state index >= 15 is 4.39 Å². The number of benzene rings is 2. The fourth-order valence-corrected chi connectivity index (χ4v) is 7.37. The normalized spacial score (nSPS) is 25.5. The molecule has 2 atom stereocenters. The molecule has 0 spiro atoms. The van der Waals surface area contributed by atoms with E-state index < -0.39 is 21.1 Å². The summed E-state index contributed by atoms with van der Waals surface area (Å²) in [6.45, 7) is 3.13. The average molecular weight is 462 g/mol. The number of sulfonamides is 1. The van der Waals surface area contributed by atoms with Crippen LogP contribution in [0.3, 0.4) is 0 Å². The van der Waals surface area contributed by atoms with Crippen LogP contribution in [-0.4, -0.2) is 43.7 Å². The Hall–Kier alpha value is -1.80. The van der Waals surface area contributed by atoms with Crippen LogP contribution in [0.1, 0.15) is 61.0 Å². The van der Waals surface area contributed by atoms with E-state index in [-0.39, 0.29) is 24.6 Å². The summed E-state index contributed by atoms with van der Waals surface area (Å²) >= 11 is 0. The Morgan fingerprint density at radius 3 is 2.50 bits per heavy atom. The zero-order valence-electron chi connectivity index (χ0n) is 18.5. The zero-order valence-corrected chi connectivity index (χ0v) is 19.4. The summed E-state index contributed by atoms with van der Waals surface area (Å²) < 4.78 is 49.1. The highest BCUT2D eigenvalue weighted by atomic mass is 32.2. The highest BCUT2D eigenvalue weighted by Gasteiger charge is 2.41. The van der Waals surface area contributed by atoms with Crippen LogP contribution < -0.4 is 0 Å². The number of hydrogen-bond donors (Lipinski definition) is 1. The Kier molecular flexibility index (Phi) is 7.00. The summed E-state index contributed by atoms with van der Waals surface area (Å²) in [5.41, 5.74) is 1.72. The average Bonchev–Trinajstić information content (AvgIpc) is 2.78. The number of halogens is 1. The fraction of sp³-hybridized carbons (Fsp3) is 0.520. The minimum absolute atomic E-state index is 0.0229. The van der Waals surface area contributed by atoms with E-state index in [1.165, 1.54) is 10.4 Å². The first-order valence-corrected chi connectivity index (χ1v) is 12.9. The Labute approximate surface area is 190 Å². The molecular formula is C25H32FNO4S. The van der Waals surface area contributed by atoms with Crippen molar-refractivity contribution in [2.24, 2.45) is 0 Å². The van der Waals surface area contributed by atoms with Gasteiger partial charge in [-0.1, -0.05) is 42.5 Å². The predicted octanol–water partition coefficient (Wildman–Crippen LogP) is 4.31. The molecule has 4 rings (SSSR count). The topological polar surface area (TPSA) is 66.8 Å². The van der Waals surface area contributed by atoms with Gasteiger partial charge in [-0.15, -0.1) is 0 Å². The summed E-state index contributed by atoms with van der Waals surface area (Å²) in [6, 6.07) is 14.2. The van der Waals surface area contributed by atoms with Gasteiger partial charge in [-0.3, -0.25) is 0 Å². The van der Waals surface area contributed by atoms with Gasteiger partial charge in [0.25, 0.3) is 0 Å². The fourth-order valence-electron chi connectivity index (χ4n) is 5.18. The van der Waals surface area contributed by atoms with Gasteiger partial charge < -0.3 is 9.84 Å². The lowest BCUT2D eigenvalue weighted by Crippen LogP contribution is -2.44. The maximum atomic E-state index is 15.3. The van der Waals surface area contributed by atoms with Crippen LogP contribution in [0.15, 0.2) is 48.5 Å². The van der Waals surface area contributed by atoms with Crippen molar-refractivity contribution < 1.29 is 22.7 Å². The molecule has 0 unspecified atom stereocenters. The number of aliphatic hydroxyl groups is 1. The van der Waals surface area contributed by atoms with Crippen LogP contribution >= 0.6 is 0 Å². The minimum atomic E-state index is -3.62. The van der Waals surface area contributed by atoms with Crippen molar-refractivity contribution in [2.75, 3.05) is 19.8 Å². The van der Waals surface area contributed by atoms with Crippen molar-refractivity contribution in [3.63, 3.8) is 0 Å². The Morgan fingerprint density at radius 1 is 1.12 bits per heavy atom. The van der Waals surface area contributed by atoms with Gasteiger partial charge in [0.15, 0.2) is 0 Å². The van der Waals surface area contributed by atoms with E-state index in [4.69, 9.17) is 4.74 Å². The number of ether oxygens (including phenoxy) is 1. The molecule has 2 aliphatic rings. The quantitative estimate of drug-likeness (QED) is 0.696. The van der Waals surface area contributed by atoms with Crippen LogP contribution in [-0.2, 0) is 26.7 Å². The molecule has 2 saturated heterocycles. The standard InChI is InChI=1S/C25H32FNO4S/c1-19-7-10-24(20-5-3-2-4-6-20)32(29,30)27(19)18-21-8-9-22(17-23(21)26)25(11-14-28)12-15-31-16-13-25/h2-6,8-9,17,19,24,28H,7,10-16,18H2,1H3/t19-,24+/m0/s1. The maximum Gasteiger partial charge on any atom is 0.221 e. The van der Waals surface area contributed by atoms with Crippen LogP contribution in [0.4, 0.5) is 4.39 Å². The highest BCUT2D eigenvalue weighted by molar-refractivity contribution is 7.89. The first kappa shape index (κ1) is 23.4. The van der Waals surface area contributed by atoms with Gasteiger partial charge in [0.2, 0.25) is 10.0 Å². The van der Waals surface area contributed by atoms with Crippen LogP contribution in [0.25, 0.3) is 0 Å². The highest BCUT2D eigenvalue weighted by Crippen LogP contribution is 2.40. The van der Waals surface area contributed by atoms with Crippen molar-refractivity contribution in [1.29, 1.82) is 0 Å². The third kappa shape index (κ3) is 4.49. The summed E-state index contributed by atoms with van der Waals surface area (Å²) in [5.74, 6) is -0.393. The van der Waals surface area contributed by atoms with Crippen LogP contribution in [0.5, 0.6) is 0 Å². The molecule has 2 aromatic rings. The van der Waals surface area contributed by atoms with Gasteiger partial charge in [-0.2, -0.15) is 4.31 Å². The van der Waals surface area contributed by atoms with Gasteiger partial charge in [-0.05, 0) is 56.2 Å². The molecule has 32 heavy (non-hydrogen) atoms. The maximum absolute atomic E-state index is 15.3. The largest absolute Gasteiger partial charge is 0.396 e. The molecular weight excluding hydrogens is 429 g/mol. The van der Waals surface area contributed by atoms with Crippen molar-refractivity contribution in [3.8, 4) is 0 Å². The lowest BCUT2D eigenvalue weighted by molar-refractivity contribution is 0.0399. The molecule has 0 bridgehead atoms. The lowest BCUT2D eigenvalue weighted by Gasteiger charge is -2.38. The molecule has 0 aliphatic carbocycles. The first-order valence-electron chi connectivity index (χ1n) is 11.4. The molecule has 0 aromatic heterocycles. The first-order chi connectivity index (χ1) is 15.4. The van der Waals surface area contributed by atoms with Crippen molar-refractivity contribution >= 4 is 10.0 Å². The molecule has 0 amide bonds. The molecule has 0 radical (unpaired) electrons. The Balaban J connectivity index is 1.60. The van der Waals surface area contributed by atoms with Crippen molar-refractivity contribution in [1.82, 2.24) is 4.31 Å². The summed E-state index contributed by atoms with van der Waals surface area (Å²) in [5, 5.41) is 8.98. The molecule has 1 N–H and O–H groups in total. The number of aliphatic hydroxyl groups excluding tert-OH is 1. The van der Waals surface area contributed by atoms with Gasteiger partial charge >= 0.3 is 0 Å². The van der Waals surface area contributed by atoms with Gasteiger partial charge in [0.1, 0.15) is 11.1 Å². The van der Waals surface area contributed by atoms with Gasteiger partial charge in [0.05, 0.1) is 0 Å². The van der Waals surface area contributed by atoms with E-state index in [0.29, 0.717) is 31.6 Å². The Morgan fingerprint density at radius 2 is 1.84 bits per heavy atom. The zero-order chi connectivity index (χ0) is 22.8. The second kappa shape index (κ2) is 9.59. The summed E-state index contributed by atoms with van der Waals surface area (Å²) in [6.07, 6.45) is 3.34. The molecule has 174 valence electrons. The van der Waals surface area contributed by atoms with Crippen LogP contribution in [0.2, 0.25) is 0 Å². The van der Waals surface area contributed by atoms with Gasteiger partial charge in [0, 0.05) is 43.4 Å². The van der Waals surface area contributed by atoms with E-state index in [1.54, 1.807) is 6.07 Å². The van der Waals surface area contributed by atoms with E-state index in [1.807, 2.05) is 43.3 Å². The van der Waals surface area contributed by atoms with E-state index in [9.17, 15) is 13.5 Å². The second-order valence-electron chi connectivity index (χ2n) is 9.09. The van der Waals surface area contributed by atoms with Crippen molar-refractivity contribution in [2.45, 2.75) is 62.3 Å². The van der Waals surface area contributed by atoms with Crippen LogP contribution in [0, 0.1) is 5.82 Å². The van der Waals surface area contributed by atoms with E-state index in [2.05, 4.69) is 0 Å². The molecule has 2 fully saturated rings. The third-order valence-electron chi connectivity index (χ3n) is 7.23. The number of nitrogens with zero attached hydrogens (tertiary/aromatic N) is 1. The van der Waals surface area contributed by atoms with Crippen molar-refractivity contribution in [3.05, 3.63) is 71.0 Å². The van der Waals surface area contributed by atoms with E-state index in [0.717, 1.165) is 30.4 Å². The Bertz CT molecular complexity index is 1020. The summed E-state index contributed by atoms with van der Waals surface area (Å²) in [4.78, 5) is 0. The smallest absolute Gasteiger partial charge is 0.221 e. The monoisotopic (exact) mass is 461 g/mol. The third-order valence-corrected chi connectivity index (χ3v) is 9.60. The minimum Gasteiger partial charge on any atom is -0.396 e. The lowest BCUT2D eigenvalue weighted by atomic mass is 9.72. The SMILES string of the molecule is C[C@H]1CC[C@H](c2ccccc2)S(=O)(=O)N1Cc1ccc(C2(CCO)CCOCC2)cc1F. The number of rotatable bonds is 6. The molecule has 2 aliphatic heterocycles. The predicted molar refractivity (Wildman–Crippen MR) is 122 cm³/mol. The summed E-state index contributed by atoms with van der Waals surface area (Å²) in [7, 11) is -3.62. The molecule has 0 saturated carbocycles. The molecule has 2 aromatic carbocycles. The molecule has 5 nitrogen and oxygen atoms in total. The second-order valence-corrected chi connectivity index (χ2v) is 11.2. The number of hydrogen-bond acceptors (Lipinski definition) is 4. The molecule has 7 heteroatoms. The van der Waals surface area contributed by atoms with Gasteiger partial charge in [-0.25, -0.2) is 12.8 Å².